The summed E-state index contributed by atoms with van der Waals surface area (Å²) in [6, 6.07) is 60.0. The van der Waals surface area contributed by atoms with Crippen LogP contribution < -0.4 is 4.74 Å². The van der Waals surface area contributed by atoms with Crippen molar-refractivity contribution in [3.8, 4) is 33.8 Å². The molecule has 0 N–H and O–H groups in total. The molecule has 2 heteroatoms. The zero-order valence-corrected chi connectivity index (χ0v) is 24.5. The van der Waals surface area contributed by atoms with E-state index in [4.69, 9.17) is 9.15 Å². The van der Waals surface area contributed by atoms with Crippen LogP contribution >= 0.6 is 0 Å². The fourth-order valence-electron chi connectivity index (χ4n) is 7.16. The van der Waals surface area contributed by atoms with Gasteiger partial charge >= 0.3 is 0 Å². The summed E-state index contributed by atoms with van der Waals surface area (Å²) in [6.07, 6.45) is 0. The molecular weight excluding hydrogens is 548 g/mol. The fraction of sp³-hybridized carbons (Fsp3) is 0.0233. The summed E-state index contributed by atoms with van der Waals surface area (Å²) in [5.41, 5.74) is 10.4. The summed E-state index contributed by atoms with van der Waals surface area (Å²) in [4.78, 5) is 0. The largest absolute Gasteiger partial charge is 0.457 e. The lowest BCUT2D eigenvalue weighted by atomic mass is 9.63. The van der Waals surface area contributed by atoms with Crippen molar-refractivity contribution in [1.82, 2.24) is 0 Å². The highest BCUT2D eigenvalue weighted by Gasteiger charge is 2.45. The summed E-state index contributed by atoms with van der Waals surface area (Å²) in [7, 11) is 0. The van der Waals surface area contributed by atoms with Crippen LogP contribution in [0.1, 0.15) is 22.3 Å². The lowest BCUT2D eigenvalue weighted by Crippen LogP contribution is -2.34. The van der Waals surface area contributed by atoms with Crippen molar-refractivity contribution in [2.75, 3.05) is 0 Å². The Kier molecular flexibility index (Phi) is 5.76. The Morgan fingerprint density at radius 2 is 0.844 bits per heavy atom. The quantitative estimate of drug-likeness (QED) is 0.208. The van der Waals surface area contributed by atoms with Crippen LogP contribution in [-0.4, -0.2) is 0 Å². The Bertz CT molecular complexity index is 2290. The highest BCUT2D eigenvalue weighted by atomic mass is 16.5. The number of hydrogen-bond donors (Lipinski definition) is 0. The summed E-state index contributed by atoms with van der Waals surface area (Å²) in [6.45, 7) is 0. The first-order chi connectivity index (χ1) is 22.3. The van der Waals surface area contributed by atoms with Crippen LogP contribution in [0.4, 0.5) is 0 Å². The molecule has 1 aliphatic rings. The predicted molar refractivity (Wildman–Crippen MR) is 183 cm³/mol. The zero-order valence-electron chi connectivity index (χ0n) is 24.5. The van der Waals surface area contributed by atoms with Gasteiger partial charge in [0.25, 0.3) is 0 Å². The molecule has 0 atom stereocenters. The first kappa shape index (κ1) is 25.6. The summed E-state index contributed by atoms with van der Waals surface area (Å²) < 4.78 is 13.2. The van der Waals surface area contributed by atoms with Crippen molar-refractivity contribution in [3.05, 3.63) is 192 Å². The molecule has 1 aromatic heterocycles. The first-order valence-electron chi connectivity index (χ1n) is 15.3. The number of benzene rings is 7. The van der Waals surface area contributed by atoms with Crippen LogP contribution in [0.15, 0.2) is 174 Å². The molecule has 0 aliphatic carbocycles. The molecule has 8 aromatic rings. The second kappa shape index (κ2) is 10.1. The first-order valence-corrected chi connectivity index (χ1v) is 15.3. The minimum atomic E-state index is -0.523. The van der Waals surface area contributed by atoms with E-state index in [0.29, 0.717) is 0 Å². The summed E-state index contributed by atoms with van der Waals surface area (Å²) in [5.74, 6) is 1.73. The van der Waals surface area contributed by atoms with Gasteiger partial charge in [0, 0.05) is 21.9 Å². The van der Waals surface area contributed by atoms with Gasteiger partial charge in [-0.05, 0) is 69.8 Å². The summed E-state index contributed by atoms with van der Waals surface area (Å²) >= 11 is 0. The van der Waals surface area contributed by atoms with Gasteiger partial charge in [-0.2, -0.15) is 0 Å². The van der Waals surface area contributed by atoms with Crippen molar-refractivity contribution in [2.24, 2.45) is 0 Å². The molecule has 0 fully saturated rings. The van der Waals surface area contributed by atoms with E-state index in [0.717, 1.165) is 61.3 Å². The van der Waals surface area contributed by atoms with E-state index >= 15 is 0 Å². The normalized spacial score (nSPS) is 13.2. The molecule has 9 rings (SSSR count). The smallest absolute Gasteiger partial charge is 0.136 e. The zero-order chi connectivity index (χ0) is 29.8. The van der Waals surface area contributed by atoms with E-state index in [-0.39, 0.29) is 0 Å². The van der Waals surface area contributed by atoms with E-state index in [1.54, 1.807) is 0 Å². The molecule has 0 amide bonds. The minimum absolute atomic E-state index is 0.523. The molecule has 0 unspecified atom stereocenters. The number of furan rings is 1. The molecule has 0 saturated carbocycles. The second-order valence-corrected chi connectivity index (χ2v) is 11.7. The summed E-state index contributed by atoms with van der Waals surface area (Å²) in [5, 5.41) is 2.24. The highest BCUT2D eigenvalue weighted by Crippen LogP contribution is 2.55. The van der Waals surface area contributed by atoms with Crippen molar-refractivity contribution in [1.29, 1.82) is 0 Å². The number of para-hydroxylation sites is 1. The Morgan fingerprint density at radius 1 is 0.356 bits per heavy atom. The van der Waals surface area contributed by atoms with Crippen molar-refractivity contribution < 1.29 is 9.15 Å². The molecule has 0 saturated heterocycles. The average Bonchev–Trinajstić information content (AvgIpc) is 3.48. The molecule has 0 bridgehead atoms. The van der Waals surface area contributed by atoms with Crippen LogP contribution in [0.25, 0.3) is 44.2 Å². The second-order valence-electron chi connectivity index (χ2n) is 11.7. The molecular formula is C43H28O2. The van der Waals surface area contributed by atoms with Crippen LogP contribution in [-0.2, 0) is 5.41 Å². The maximum atomic E-state index is 6.71. The molecule has 2 heterocycles. The Balaban J connectivity index is 1.20. The average molecular weight is 577 g/mol. The van der Waals surface area contributed by atoms with Crippen molar-refractivity contribution in [3.63, 3.8) is 0 Å². The van der Waals surface area contributed by atoms with Crippen LogP contribution in [0, 0.1) is 0 Å². The Morgan fingerprint density at radius 3 is 1.49 bits per heavy atom. The third kappa shape index (κ3) is 3.96. The Labute approximate surface area is 261 Å². The van der Waals surface area contributed by atoms with Crippen LogP contribution in [0.2, 0.25) is 0 Å². The van der Waals surface area contributed by atoms with Crippen LogP contribution in [0.5, 0.6) is 11.5 Å². The highest BCUT2D eigenvalue weighted by molar-refractivity contribution is 6.07. The third-order valence-electron chi connectivity index (χ3n) is 9.22. The van der Waals surface area contributed by atoms with Gasteiger partial charge in [0.05, 0.1) is 5.41 Å². The lowest BCUT2D eigenvalue weighted by Gasteiger charge is -2.41. The van der Waals surface area contributed by atoms with E-state index in [2.05, 4.69) is 158 Å². The van der Waals surface area contributed by atoms with Gasteiger partial charge < -0.3 is 9.15 Å². The molecule has 2 nitrogen and oxygen atoms in total. The van der Waals surface area contributed by atoms with Gasteiger partial charge in [-0.3, -0.25) is 0 Å². The maximum Gasteiger partial charge on any atom is 0.136 e. The Hall–Kier alpha value is -5.86. The molecule has 7 aromatic carbocycles. The van der Waals surface area contributed by atoms with Gasteiger partial charge in [-0.1, -0.05) is 133 Å². The number of fused-ring (bicyclic) bond motifs is 5. The van der Waals surface area contributed by atoms with Gasteiger partial charge in [0.2, 0.25) is 0 Å². The maximum absolute atomic E-state index is 6.71. The topological polar surface area (TPSA) is 22.4 Å². The van der Waals surface area contributed by atoms with E-state index in [1.165, 1.54) is 16.7 Å². The minimum Gasteiger partial charge on any atom is -0.457 e. The third-order valence-corrected chi connectivity index (χ3v) is 9.22. The van der Waals surface area contributed by atoms with Crippen molar-refractivity contribution in [2.45, 2.75) is 5.41 Å². The van der Waals surface area contributed by atoms with Gasteiger partial charge in [-0.15, -0.1) is 0 Å². The molecule has 0 spiro atoms. The predicted octanol–water partition coefficient (Wildman–Crippen LogP) is 11.4. The van der Waals surface area contributed by atoms with Crippen molar-refractivity contribution >= 4 is 21.9 Å². The number of ether oxygens (including phenoxy) is 1. The van der Waals surface area contributed by atoms with E-state index < -0.39 is 5.41 Å². The number of hydrogen-bond acceptors (Lipinski definition) is 2. The SMILES string of the molecule is c1ccc(-c2ccc3c(c2)oc2cc(-c4ccc5c(c4)Oc4ccccc4C5(c4ccccc4)c4ccccc4)ccc23)cc1. The molecule has 212 valence electrons. The monoisotopic (exact) mass is 576 g/mol. The molecule has 0 radical (unpaired) electrons. The van der Waals surface area contributed by atoms with Gasteiger partial charge in [-0.25, -0.2) is 0 Å². The van der Waals surface area contributed by atoms with E-state index in [1.807, 2.05) is 12.1 Å². The van der Waals surface area contributed by atoms with Gasteiger partial charge in [0.1, 0.15) is 22.7 Å². The van der Waals surface area contributed by atoms with E-state index in [9.17, 15) is 0 Å². The standard InChI is InChI=1S/C43H28O2/c1-4-12-29(13-5-1)30-20-23-35-36-24-21-31(27-41(36)45-40(35)26-30)32-22-25-38-42(28-32)44-39-19-11-10-18-37(39)43(38,33-14-6-2-7-15-33)34-16-8-3-9-17-34/h1-28H. The van der Waals surface area contributed by atoms with Crippen LogP contribution in [0.3, 0.4) is 0 Å². The fourth-order valence-corrected chi connectivity index (χ4v) is 7.16. The number of rotatable bonds is 4. The lowest BCUT2D eigenvalue weighted by molar-refractivity contribution is 0.435. The van der Waals surface area contributed by atoms with Gasteiger partial charge in [0.15, 0.2) is 0 Å². The molecule has 1 aliphatic heterocycles. The molecule has 45 heavy (non-hydrogen) atoms.